The van der Waals surface area contributed by atoms with E-state index in [1.54, 1.807) is 17.3 Å². The molecule has 1 aliphatic heterocycles. The topological polar surface area (TPSA) is 71.5 Å². The number of aromatic nitrogens is 3. The first-order chi connectivity index (χ1) is 18.1. The molecule has 9 heteroatoms. The molecule has 0 aliphatic carbocycles. The number of nitrogens with zero attached hydrogens (tertiary/aromatic N) is 4. The summed E-state index contributed by atoms with van der Waals surface area (Å²) in [5, 5.41) is 3.29. The van der Waals surface area contributed by atoms with E-state index in [2.05, 4.69) is 30.0 Å². The second-order valence-corrected chi connectivity index (χ2v) is 9.17. The summed E-state index contributed by atoms with van der Waals surface area (Å²) in [5.74, 6) is 0.862. The van der Waals surface area contributed by atoms with Gasteiger partial charge in [0, 0.05) is 41.6 Å². The number of hydrogen-bond acceptors (Lipinski definition) is 5. The van der Waals surface area contributed by atoms with Crippen LogP contribution in [0.5, 0.6) is 0 Å². The zero-order valence-electron chi connectivity index (χ0n) is 20.7. The number of rotatable bonds is 7. The van der Waals surface area contributed by atoms with Crippen molar-refractivity contribution in [3.63, 3.8) is 0 Å². The molecule has 5 rings (SSSR count). The number of benzene rings is 2. The van der Waals surface area contributed by atoms with Gasteiger partial charge in [0.1, 0.15) is 22.9 Å². The van der Waals surface area contributed by atoms with E-state index in [4.69, 9.17) is 10.7 Å². The Labute approximate surface area is 218 Å². The smallest absolute Gasteiger partial charge is 0.382 e. The zero-order chi connectivity index (χ0) is 27.0. The molecule has 3 N–H and O–H groups in total. The van der Waals surface area contributed by atoms with Crippen LogP contribution in [0.4, 0.5) is 24.7 Å². The number of fused-ring (bicyclic) bond motifs is 1. The molecule has 2 aromatic carbocycles. The number of nitrogen functional groups attached to an aromatic ring is 1. The number of halogens is 3. The molecule has 0 spiro atoms. The molecular weight excluding hydrogens is 489 g/mol. The average molecular weight is 517 g/mol. The molecular formula is C29H27F3N6. The fourth-order valence-corrected chi connectivity index (χ4v) is 4.82. The quantitative estimate of drug-likeness (QED) is 0.264. The van der Waals surface area contributed by atoms with Gasteiger partial charge in [0.05, 0.1) is 11.6 Å². The molecule has 2 aromatic heterocycles. The number of nitrogens with one attached hydrogen (secondary N) is 1. The van der Waals surface area contributed by atoms with Crippen molar-refractivity contribution in [1.82, 2.24) is 19.3 Å². The SMILES string of the molecule is C=C(Nc1ccccc1)c1ccc(-c2nc(C3CCCN3C(=C)C(=C)C(F)(F)F)n3ccnc(N)c23)cc1. The number of para-hydroxylation sites is 1. The molecule has 194 valence electrons. The van der Waals surface area contributed by atoms with Crippen LogP contribution in [-0.4, -0.2) is 32.0 Å². The first kappa shape index (κ1) is 25.1. The summed E-state index contributed by atoms with van der Waals surface area (Å²) in [4.78, 5) is 10.8. The minimum atomic E-state index is -4.56. The van der Waals surface area contributed by atoms with Crippen LogP contribution in [0.2, 0.25) is 0 Å². The second kappa shape index (κ2) is 9.74. The van der Waals surface area contributed by atoms with E-state index in [1.165, 1.54) is 0 Å². The minimum Gasteiger partial charge on any atom is -0.382 e. The lowest BCUT2D eigenvalue weighted by Gasteiger charge is -2.29. The van der Waals surface area contributed by atoms with Gasteiger partial charge in [-0.05, 0) is 30.5 Å². The lowest BCUT2D eigenvalue weighted by Crippen LogP contribution is -2.28. The molecule has 0 amide bonds. The van der Waals surface area contributed by atoms with E-state index in [0.29, 0.717) is 36.4 Å². The van der Waals surface area contributed by atoms with Crippen LogP contribution in [-0.2, 0) is 0 Å². The molecule has 0 radical (unpaired) electrons. The summed E-state index contributed by atoms with van der Waals surface area (Å²) in [5.41, 5.74) is 9.76. The van der Waals surface area contributed by atoms with Gasteiger partial charge in [-0.15, -0.1) is 0 Å². The Balaban J connectivity index is 1.49. The predicted molar refractivity (Wildman–Crippen MR) is 145 cm³/mol. The van der Waals surface area contributed by atoms with E-state index in [-0.39, 0.29) is 11.5 Å². The second-order valence-electron chi connectivity index (χ2n) is 9.17. The molecule has 1 saturated heterocycles. The highest BCUT2D eigenvalue weighted by Gasteiger charge is 2.39. The van der Waals surface area contributed by atoms with Crippen LogP contribution in [0.15, 0.2) is 98.0 Å². The zero-order valence-corrected chi connectivity index (χ0v) is 20.7. The first-order valence-electron chi connectivity index (χ1n) is 12.1. The number of likely N-dealkylation sites (tertiary alicyclic amines) is 1. The number of alkyl halides is 3. The molecule has 4 aromatic rings. The third-order valence-electron chi connectivity index (χ3n) is 6.77. The molecule has 1 unspecified atom stereocenters. The number of hydrogen-bond donors (Lipinski definition) is 2. The molecule has 1 aliphatic rings. The van der Waals surface area contributed by atoms with Gasteiger partial charge in [-0.2, -0.15) is 13.2 Å². The minimum absolute atomic E-state index is 0.144. The van der Waals surface area contributed by atoms with E-state index >= 15 is 0 Å². The van der Waals surface area contributed by atoms with Crippen molar-refractivity contribution in [3.8, 4) is 11.3 Å². The number of nitrogens with two attached hydrogens (primary N) is 1. The summed E-state index contributed by atoms with van der Waals surface area (Å²) >= 11 is 0. The summed E-state index contributed by atoms with van der Waals surface area (Å²) in [7, 11) is 0. The predicted octanol–water partition coefficient (Wildman–Crippen LogP) is 6.83. The molecule has 38 heavy (non-hydrogen) atoms. The van der Waals surface area contributed by atoms with Crippen LogP contribution in [0, 0.1) is 0 Å². The van der Waals surface area contributed by atoms with Crippen molar-refractivity contribution < 1.29 is 13.2 Å². The Morgan fingerprint density at radius 1 is 1.03 bits per heavy atom. The average Bonchev–Trinajstić information content (AvgIpc) is 3.54. The van der Waals surface area contributed by atoms with Gasteiger partial charge in [-0.3, -0.25) is 4.40 Å². The molecule has 1 fully saturated rings. The van der Waals surface area contributed by atoms with E-state index in [0.717, 1.165) is 22.5 Å². The van der Waals surface area contributed by atoms with Gasteiger partial charge < -0.3 is 16.0 Å². The van der Waals surface area contributed by atoms with Crippen LogP contribution >= 0.6 is 0 Å². The van der Waals surface area contributed by atoms with Crippen molar-refractivity contribution in [2.24, 2.45) is 0 Å². The van der Waals surface area contributed by atoms with Gasteiger partial charge in [0.25, 0.3) is 0 Å². The van der Waals surface area contributed by atoms with Crippen molar-refractivity contribution in [1.29, 1.82) is 0 Å². The summed E-state index contributed by atoms with van der Waals surface area (Å²) in [6.07, 6.45) is 0.0526. The van der Waals surface area contributed by atoms with Crippen LogP contribution < -0.4 is 11.1 Å². The Kier molecular flexibility index (Phi) is 6.44. The number of allylic oxidation sites excluding steroid dienone is 1. The van der Waals surface area contributed by atoms with Gasteiger partial charge >= 0.3 is 6.18 Å². The van der Waals surface area contributed by atoms with E-state index in [9.17, 15) is 13.2 Å². The highest BCUT2D eigenvalue weighted by molar-refractivity contribution is 5.86. The molecule has 3 heterocycles. The number of anilines is 2. The van der Waals surface area contributed by atoms with Crippen molar-refractivity contribution in [3.05, 3.63) is 109 Å². The van der Waals surface area contributed by atoms with Crippen molar-refractivity contribution >= 4 is 22.7 Å². The molecule has 6 nitrogen and oxygen atoms in total. The molecule has 0 saturated carbocycles. The lowest BCUT2D eigenvalue weighted by molar-refractivity contribution is -0.0912. The highest BCUT2D eigenvalue weighted by atomic mass is 19.4. The Morgan fingerprint density at radius 3 is 2.42 bits per heavy atom. The Morgan fingerprint density at radius 2 is 1.74 bits per heavy atom. The van der Waals surface area contributed by atoms with Gasteiger partial charge in [-0.1, -0.05) is 62.2 Å². The van der Waals surface area contributed by atoms with E-state index < -0.39 is 17.8 Å². The van der Waals surface area contributed by atoms with Crippen molar-refractivity contribution in [2.75, 3.05) is 17.6 Å². The normalized spacial score (nSPS) is 15.6. The highest BCUT2D eigenvalue weighted by Crippen LogP contribution is 2.41. The standard InChI is InChI=1S/C29H27F3N6/c1-18(29(30,31)32)20(3)37-16-7-10-24(37)28-36-25(26-27(33)34-15-17-38(26)28)22-13-11-21(12-14-22)19(2)35-23-8-5-4-6-9-23/h4-6,8-9,11-15,17,24,35H,1-3,7,10,16H2,(H2,33,34). The molecule has 0 bridgehead atoms. The van der Waals surface area contributed by atoms with Gasteiger partial charge in [0.15, 0.2) is 0 Å². The maximum Gasteiger partial charge on any atom is 0.417 e. The Bertz CT molecular complexity index is 1520. The third-order valence-corrected chi connectivity index (χ3v) is 6.77. The van der Waals surface area contributed by atoms with Crippen LogP contribution in [0.3, 0.4) is 0 Å². The van der Waals surface area contributed by atoms with Crippen LogP contribution in [0.1, 0.15) is 30.3 Å². The third kappa shape index (κ3) is 4.63. The summed E-state index contributed by atoms with van der Waals surface area (Å²) < 4.78 is 42.0. The fourth-order valence-electron chi connectivity index (χ4n) is 4.82. The van der Waals surface area contributed by atoms with E-state index in [1.807, 2.05) is 59.0 Å². The van der Waals surface area contributed by atoms with Gasteiger partial charge in [-0.25, -0.2) is 9.97 Å². The van der Waals surface area contributed by atoms with Crippen molar-refractivity contribution in [2.45, 2.75) is 25.1 Å². The largest absolute Gasteiger partial charge is 0.417 e. The maximum absolute atomic E-state index is 13.4. The first-order valence-corrected chi connectivity index (χ1v) is 12.1. The van der Waals surface area contributed by atoms with Gasteiger partial charge in [0.2, 0.25) is 0 Å². The van der Waals surface area contributed by atoms with Crippen LogP contribution in [0.25, 0.3) is 22.5 Å². The molecule has 1 atom stereocenters. The fraction of sp³-hybridized carbons (Fsp3) is 0.172. The summed E-state index contributed by atoms with van der Waals surface area (Å²) in [6.45, 7) is 11.5. The summed E-state index contributed by atoms with van der Waals surface area (Å²) in [6, 6.07) is 17.0. The lowest BCUT2D eigenvalue weighted by atomic mass is 10.1. The maximum atomic E-state index is 13.4. The number of imidazole rings is 1. The Hall–Kier alpha value is -4.53. The monoisotopic (exact) mass is 516 g/mol.